The first kappa shape index (κ1) is 10.6. The van der Waals surface area contributed by atoms with Crippen LogP contribution in [0.25, 0.3) is 0 Å². The minimum Gasteiger partial charge on any atom is -0.255 e. The molecule has 1 atom stereocenters. The van der Waals surface area contributed by atoms with Gasteiger partial charge in [0.05, 0.1) is 15.7 Å². The van der Waals surface area contributed by atoms with Crippen LogP contribution in [0.3, 0.4) is 0 Å². The maximum atomic E-state index is 12.7. The molecule has 0 spiro atoms. The molecule has 1 heterocycles. The number of pyridine rings is 1. The van der Waals surface area contributed by atoms with Crippen LogP contribution >= 0.6 is 23.2 Å². The minimum absolute atomic E-state index is 0.176. The summed E-state index contributed by atoms with van der Waals surface area (Å²) in [6.45, 7) is 0. The van der Waals surface area contributed by atoms with Crippen molar-refractivity contribution in [3.05, 3.63) is 28.0 Å². The monoisotopic (exact) mass is 229 g/mol. The van der Waals surface area contributed by atoms with Crippen LogP contribution in [0.4, 0.5) is 13.2 Å². The smallest absolute Gasteiger partial charge is 0.255 e. The van der Waals surface area contributed by atoms with Crippen LogP contribution in [-0.4, -0.2) is 11.4 Å². The first-order valence-electron chi connectivity index (χ1n) is 3.25. The molecule has 1 aromatic rings. The predicted octanol–water partition coefficient (Wildman–Crippen LogP) is 3.66. The first-order chi connectivity index (χ1) is 6.02. The van der Waals surface area contributed by atoms with Crippen molar-refractivity contribution in [2.75, 3.05) is 0 Å². The highest BCUT2D eigenvalue weighted by molar-refractivity contribution is 6.34. The normalized spacial score (nSPS) is 13.4. The van der Waals surface area contributed by atoms with E-state index in [-0.39, 0.29) is 10.0 Å². The molecule has 0 aliphatic carbocycles. The zero-order valence-corrected chi connectivity index (χ0v) is 7.66. The minimum atomic E-state index is -3.13. The third kappa shape index (κ3) is 2.48. The van der Waals surface area contributed by atoms with Crippen LogP contribution in [-0.2, 0) is 0 Å². The van der Waals surface area contributed by atoms with Gasteiger partial charge in [0, 0.05) is 6.20 Å². The van der Waals surface area contributed by atoms with Crippen molar-refractivity contribution in [1.29, 1.82) is 0 Å². The zero-order valence-electron chi connectivity index (χ0n) is 6.15. The maximum Gasteiger partial charge on any atom is 0.275 e. The molecule has 1 rings (SSSR count). The molecule has 0 N–H and O–H groups in total. The molecule has 0 aromatic carbocycles. The SMILES string of the molecule is FC(F)[C@H](F)c1ncc(Cl)cc1Cl. The van der Waals surface area contributed by atoms with Gasteiger partial charge in [-0.15, -0.1) is 0 Å². The fraction of sp³-hybridized carbons (Fsp3) is 0.286. The summed E-state index contributed by atoms with van der Waals surface area (Å²) in [7, 11) is 0. The Morgan fingerprint density at radius 1 is 1.23 bits per heavy atom. The largest absolute Gasteiger partial charge is 0.275 e. The van der Waals surface area contributed by atoms with Crippen molar-refractivity contribution >= 4 is 23.2 Å². The highest BCUT2D eigenvalue weighted by Gasteiger charge is 2.25. The summed E-state index contributed by atoms with van der Waals surface area (Å²) in [5, 5.41) is -0.0180. The number of rotatable bonds is 2. The van der Waals surface area contributed by atoms with Gasteiger partial charge in [-0.3, -0.25) is 4.98 Å². The molecule has 0 radical (unpaired) electrons. The van der Waals surface area contributed by atoms with Crippen LogP contribution in [0.15, 0.2) is 12.3 Å². The van der Waals surface area contributed by atoms with Gasteiger partial charge in [-0.05, 0) is 6.07 Å². The van der Waals surface area contributed by atoms with E-state index in [0.29, 0.717) is 0 Å². The second-order valence-electron chi connectivity index (χ2n) is 2.26. The molecule has 1 nitrogen and oxygen atoms in total. The lowest BCUT2D eigenvalue weighted by atomic mass is 10.2. The molecular weight excluding hydrogens is 226 g/mol. The fourth-order valence-electron chi connectivity index (χ4n) is 0.747. The van der Waals surface area contributed by atoms with E-state index in [9.17, 15) is 13.2 Å². The zero-order chi connectivity index (χ0) is 10.0. The van der Waals surface area contributed by atoms with E-state index in [1.54, 1.807) is 0 Å². The highest BCUT2D eigenvalue weighted by Crippen LogP contribution is 2.29. The van der Waals surface area contributed by atoms with Crippen LogP contribution in [0.5, 0.6) is 0 Å². The molecule has 0 bridgehead atoms. The van der Waals surface area contributed by atoms with Gasteiger partial charge in [0.25, 0.3) is 6.43 Å². The van der Waals surface area contributed by atoms with E-state index in [1.807, 2.05) is 0 Å². The van der Waals surface area contributed by atoms with E-state index >= 15 is 0 Å². The number of halogens is 5. The lowest BCUT2D eigenvalue weighted by Crippen LogP contribution is -2.05. The molecule has 6 heteroatoms. The predicted molar refractivity (Wildman–Crippen MR) is 44.1 cm³/mol. The summed E-state index contributed by atoms with van der Waals surface area (Å²) in [6, 6.07) is 1.17. The molecule has 0 aliphatic heterocycles. The molecule has 0 saturated heterocycles. The number of alkyl halides is 3. The molecule has 1 aromatic heterocycles. The Morgan fingerprint density at radius 3 is 2.31 bits per heavy atom. The Hall–Kier alpha value is -0.480. The van der Waals surface area contributed by atoms with E-state index < -0.39 is 18.3 Å². The fourth-order valence-corrected chi connectivity index (χ4v) is 1.23. The van der Waals surface area contributed by atoms with Crippen LogP contribution < -0.4 is 0 Å². The van der Waals surface area contributed by atoms with Gasteiger partial charge in [0.1, 0.15) is 0 Å². The third-order valence-electron chi connectivity index (χ3n) is 1.32. The van der Waals surface area contributed by atoms with Crippen LogP contribution in [0.1, 0.15) is 11.9 Å². The van der Waals surface area contributed by atoms with Crippen molar-refractivity contribution in [1.82, 2.24) is 4.98 Å². The van der Waals surface area contributed by atoms with Gasteiger partial charge < -0.3 is 0 Å². The molecule has 0 saturated carbocycles. The summed E-state index contributed by atoms with van der Waals surface area (Å²) in [5.74, 6) is 0. The molecule has 0 amide bonds. The maximum absolute atomic E-state index is 12.7. The summed E-state index contributed by atoms with van der Waals surface area (Å²) in [4.78, 5) is 3.38. The van der Waals surface area contributed by atoms with Crippen molar-refractivity contribution in [2.24, 2.45) is 0 Å². The summed E-state index contributed by atoms with van der Waals surface area (Å²) in [6.07, 6.45) is -4.53. The number of hydrogen-bond donors (Lipinski definition) is 0. The van der Waals surface area contributed by atoms with Gasteiger partial charge in [-0.2, -0.15) is 0 Å². The van der Waals surface area contributed by atoms with E-state index in [0.717, 1.165) is 6.20 Å². The van der Waals surface area contributed by atoms with Crippen LogP contribution in [0, 0.1) is 0 Å². The Morgan fingerprint density at radius 2 is 1.85 bits per heavy atom. The summed E-state index contributed by atoms with van der Waals surface area (Å²) in [5.41, 5.74) is -0.485. The second-order valence-corrected chi connectivity index (χ2v) is 3.10. The van der Waals surface area contributed by atoms with E-state index in [4.69, 9.17) is 23.2 Å². The Bertz CT molecular complexity index is 306. The average molecular weight is 230 g/mol. The highest BCUT2D eigenvalue weighted by atomic mass is 35.5. The quantitative estimate of drug-likeness (QED) is 0.755. The van der Waals surface area contributed by atoms with Crippen molar-refractivity contribution in [2.45, 2.75) is 12.6 Å². The van der Waals surface area contributed by atoms with Gasteiger partial charge in [0.2, 0.25) is 6.17 Å². The van der Waals surface area contributed by atoms with Gasteiger partial charge in [0.15, 0.2) is 0 Å². The number of aromatic nitrogens is 1. The molecule has 13 heavy (non-hydrogen) atoms. The standard InChI is InChI=1S/C7H4Cl2F3N/c8-3-1-4(9)6(13-2-3)5(10)7(11)12/h1-2,5,7H/t5-/m1/s1. The molecule has 72 valence electrons. The van der Waals surface area contributed by atoms with Gasteiger partial charge in [-0.1, -0.05) is 23.2 Å². The van der Waals surface area contributed by atoms with Gasteiger partial charge >= 0.3 is 0 Å². The average Bonchev–Trinajstić information content (AvgIpc) is 2.03. The van der Waals surface area contributed by atoms with Gasteiger partial charge in [-0.25, -0.2) is 13.2 Å². The first-order valence-corrected chi connectivity index (χ1v) is 4.01. The van der Waals surface area contributed by atoms with E-state index in [2.05, 4.69) is 4.98 Å². The molecule has 0 unspecified atom stereocenters. The summed E-state index contributed by atoms with van der Waals surface area (Å²) >= 11 is 10.9. The number of hydrogen-bond acceptors (Lipinski definition) is 1. The topological polar surface area (TPSA) is 12.9 Å². The molecular formula is C7H4Cl2F3N. The van der Waals surface area contributed by atoms with Crippen LogP contribution in [0.2, 0.25) is 10.0 Å². The Balaban J connectivity index is 3.01. The number of nitrogens with zero attached hydrogens (tertiary/aromatic N) is 1. The van der Waals surface area contributed by atoms with E-state index in [1.165, 1.54) is 6.07 Å². The molecule has 0 aliphatic rings. The van der Waals surface area contributed by atoms with Crippen molar-refractivity contribution < 1.29 is 13.2 Å². The lowest BCUT2D eigenvalue weighted by molar-refractivity contribution is 0.0473. The lowest BCUT2D eigenvalue weighted by Gasteiger charge is -2.07. The summed E-state index contributed by atoms with van der Waals surface area (Å²) < 4.78 is 36.5. The Labute approximate surface area is 82.5 Å². The van der Waals surface area contributed by atoms with Crippen molar-refractivity contribution in [3.8, 4) is 0 Å². The Kier molecular flexibility index (Phi) is 3.39. The molecule has 0 fully saturated rings. The third-order valence-corrected chi connectivity index (χ3v) is 1.83. The second kappa shape index (κ2) is 4.15. The van der Waals surface area contributed by atoms with Crippen molar-refractivity contribution in [3.63, 3.8) is 0 Å².